The van der Waals surface area contributed by atoms with Gasteiger partial charge in [-0.3, -0.25) is 9.44 Å². The lowest BCUT2D eigenvalue weighted by Crippen LogP contribution is -2.14. The molecule has 0 aliphatic heterocycles. The first-order chi connectivity index (χ1) is 13.7. The molecule has 0 bridgehead atoms. The molecule has 7 nitrogen and oxygen atoms in total. The fourth-order valence-electron chi connectivity index (χ4n) is 2.51. The van der Waals surface area contributed by atoms with Crippen LogP contribution in [0.4, 0.5) is 11.4 Å². The average molecular weight is 433 g/mol. The maximum Gasteiger partial charge on any atom is 0.261 e. The predicted molar refractivity (Wildman–Crippen MR) is 112 cm³/mol. The molecule has 3 aromatic rings. The number of nitrogens with one attached hydrogen (secondary N) is 2. The fourth-order valence-corrected chi connectivity index (χ4v) is 4.62. The molecule has 29 heavy (non-hydrogen) atoms. The summed E-state index contributed by atoms with van der Waals surface area (Å²) in [4.78, 5) is 0.132. The minimum atomic E-state index is -3.82. The van der Waals surface area contributed by atoms with E-state index in [4.69, 9.17) is 4.74 Å². The number of hydrogen-bond donors (Lipinski definition) is 2. The van der Waals surface area contributed by atoms with Crippen molar-refractivity contribution in [2.45, 2.75) is 16.7 Å². The monoisotopic (exact) mass is 432 g/mol. The van der Waals surface area contributed by atoms with E-state index in [9.17, 15) is 16.8 Å². The number of anilines is 2. The number of rotatable bonds is 7. The number of methoxy groups -OCH3 is 1. The number of ether oxygens (including phenoxy) is 1. The molecular weight excluding hydrogens is 412 g/mol. The van der Waals surface area contributed by atoms with E-state index >= 15 is 0 Å². The Bertz CT molecular complexity index is 1190. The SMILES string of the molecule is COc1ccc(NS(=O)(=O)c2ccc(NS(=O)(=O)c3ccc(C)cc3)cc2)cc1. The normalized spacial score (nSPS) is 11.7. The number of aryl methyl sites for hydroxylation is 1. The van der Waals surface area contributed by atoms with Crippen LogP contribution in [-0.2, 0) is 20.0 Å². The maximum atomic E-state index is 12.5. The van der Waals surface area contributed by atoms with E-state index < -0.39 is 20.0 Å². The van der Waals surface area contributed by atoms with E-state index in [2.05, 4.69) is 9.44 Å². The number of sulfonamides is 2. The Morgan fingerprint density at radius 2 is 1.00 bits per heavy atom. The molecule has 0 aliphatic carbocycles. The van der Waals surface area contributed by atoms with Gasteiger partial charge in [-0.05, 0) is 67.6 Å². The molecule has 0 radical (unpaired) electrons. The topological polar surface area (TPSA) is 102 Å². The Kier molecular flexibility index (Phi) is 5.81. The molecule has 9 heteroatoms. The second kappa shape index (κ2) is 8.14. The van der Waals surface area contributed by atoms with Crippen molar-refractivity contribution in [3.8, 4) is 5.75 Å². The fraction of sp³-hybridized carbons (Fsp3) is 0.100. The highest BCUT2D eigenvalue weighted by atomic mass is 32.2. The zero-order valence-corrected chi connectivity index (χ0v) is 17.4. The number of hydrogen-bond acceptors (Lipinski definition) is 5. The van der Waals surface area contributed by atoms with E-state index in [1.165, 1.54) is 43.5 Å². The number of benzene rings is 3. The molecule has 0 aromatic heterocycles. The quantitative estimate of drug-likeness (QED) is 0.594. The summed E-state index contributed by atoms with van der Waals surface area (Å²) in [6.45, 7) is 1.86. The van der Waals surface area contributed by atoms with Crippen molar-refractivity contribution in [2.75, 3.05) is 16.6 Å². The summed E-state index contributed by atoms with van der Waals surface area (Å²) in [7, 11) is -6.06. The third-order valence-corrected chi connectivity index (χ3v) is 6.88. The Morgan fingerprint density at radius 1 is 0.621 bits per heavy atom. The van der Waals surface area contributed by atoms with Crippen molar-refractivity contribution in [1.29, 1.82) is 0 Å². The molecule has 3 rings (SSSR count). The standard InChI is InChI=1S/C20H20N2O5S2/c1-15-3-11-19(12-4-15)28(23,24)22-17-7-13-20(14-8-17)29(25,26)21-16-5-9-18(27-2)10-6-16/h3-14,21-22H,1-2H3. The van der Waals surface area contributed by atoms with Crippen molar-refractivity contribution in [3.63, 3.8) is 0 Å². The molecule has 0 aliphatic rings. The zero-order valence-electron chi connectivity index (χ0n) is 15.8. The first-order valence-electron chi connectivity index (χ1n) is 8.56. The van der Waals surface area contributed by atoms with Gasteiger partial charge >= 0.3 is 0 Å². The predicted octanol–water partition coefficient (Wildman–Crippen LogP) is 3.61. The van der Waals surface area contributed by atoms with Gasteiger partial charge in [0.15, 0.2) is 0 Å². The zero-order chi connectivity index (χ0) is 21.1. The van der Waals surface area contributed by atoms with Gasteiger partial charge in [0.25, 0.3) is 20.0 Å². The molecule has 3 aromatic carbocycles. The van der Waals surface area contributed by atoms with E-state index in [1.54, 1.807) is 36.4 Å². The summed E-state index contributed by atoms with van der Waals surface area (Å²) in [5, 5.41) is 0. The van der Waals surface area contributed by atoms with Gasteiger partial charge in [0.2, 0.25) is 0 Å². The summed E-state index contributed by atoms with van der Waals surface area (Å²) in [6, 6.07) is 18.3. The van der Waals surface area contributed by atoms with E-state index in [0.717, 1.165) is 5.56 Å². The van der Waals surface area contributed by atoms with Crippen LogP contribution in [-0.4, -0.2) is 23.9 Å². The van der Waals surface area contributed by atoms with Gasteiger partial charge in [-0.15, -0.1) is 0 Å². The largest absolute Gasteiger partial charge is 0.497 e. The van der Waals surface area contributed by atoms with Crippen LogP contribution in [0.3, 0.4) is 0 Å². The molecule has 0 unspecified atom stereocenters. The Hall–Kier alpha value is -3.04. The van der Waals surface area contributed by atoms with E-state index in [0.29, 0.717) is 11.4 Å². The van der Waals surface area contributed by atoms with Crippen LogP contribution < -0.4 is 14.2 Å². The summed E-state index contributed by atoms with van der Waals surface area (Å²) in [5.41, 5.74) is 1.59. The molecule has 0 saturated heterocycles. The van der Waals surface area contributed by atoms with Gasteiger partial charge in [-0.2, -0.15) is 0 Å². The van der Waals surface area contributed by atoms with Crippen LogP contribution in [0.25, 0.3) is 0 Å². The molecule has 0 amide bonds. The molecule has 2 N–H and O–H groups in total. The van der Waals surface area contributed by atoms with E-state index in [-0.39, 0.29) is 15.5 Å². The summed E-state index contributed by atoms with van der Waals surface area (Å²) >= 11 is 0. The van der Waals surface area contributed by atoms with Crippen LogP contribution in [0.1, 0.15) is 5.56 Å². The highest BCUT2D eigenvalue weighted by Gasteiger charge is 2.17. The minimum absolute atomic E-state index is 0.00611. The molecule has 0 atom stereocenters. The lowest BCUT2D eigenvalue weighted by molar-refractivity contribution is 0.415. The second-order valence-corrected chi connectivity index (χ2v) is 9.64. The minimum Gasteiger partial charge on any atom is -0.497 e. The van der Waals surface area contributed by atoms with Gasteiger partial charge in [0, 0.05) is 11.4 Å². The molecular formula is C20H20N2O5S2. The van der Waals surface area contributed by atoms with Crippen LogP contribution in [0.5, 0.6) is 5.75 Å². The van der Waals surface area contributed by atoms with Crippen molar-refractivity contribution >= 4 is 31.4 Å². The highest BCUT2D eigenvalue weighted by Crippen LogP contribution is 2.22. The first-order valence-corrected chi connectivity index (χ1v) is 11.5. The van der Waals surface area contributed by atoms with Crippen molar-refractivity contribution in [3.05, 3.63) is 78.4 Å². The smallest absolute Gasteiger partial charge is 0.261 e. The Balaban J connectivity index is 1.75. The van der Waals surface area contributed by atoms with Gasteiger partial charge in [-0.1, -0.05) is 17.7 Å². The third kappa shape index (κ3) is 5.07. The van der Waals surface area contributed by atoms with Gasteiger partial charge in [0.05, 0.1) is 16.9 Å². The highest BCUT2D eigenvalue weighted by molar-refractivity contribution is 7.93. The summed E-state index contributed by atoms with van der Waals surface area (Å²) in [5.74, 6) is 0.609. The Labute approximate surface area is 170 Å². The average Bonchev–Trinajstić information content (AvgIpc) is 2.69. The molecule has 0 heterocycles. The van der Waals surface area contributed by atoms with Gasteiger partial charge in [0.1, 0.15) is 5.75 Å². The summed E-state index contributed by atoms with van der Waals surface area (Å²) < 4.78 is 59.9. The lowest BCUT2D eigenvalue weighted by atomic mass is 10.2. The van der Waals surface area contributed by atoms with Crippen molar-refractivity contribution in [1.82, 2.24) is 0 Å². The van der Waals surface area contributed by atoms with E-state index in [1.807, 2.05) is 6.92 Å². The van der Waals surface area contributed by atoms with Crippen LogP contribution >= 0.6 is 0 Å². The maximum absolute atomic E-state index is 12.5. The van der Waals surface area contributed by atoms with Gasteiger partial charge in [-0.25, -0.2) is 16.8 Å². The van der Waals surface area contributed by atoms with Crippen LogP contribution in [0, 0.1) is 6.92 Å². The second-order valence-electron chi connectivity index (χ2n) is 6.28. The molecule has 0 spiro atoms. The molecule has 0 fully saturated rings. The molecule has 0 saturated carbocycles. The first kappa shape index (κ1) is 20.7. The lowest BCUT2D eigenvalue weighted by Gasteiger charge is -2.11. The van der Waals surface area contributed by atoms with Gasteiger partial charge < -0.3 is 4.74 Å². The Morgan fingerprint density at radius 3 is 1.41 bits per heavy atom. The van der Waals surface area contributed by atoms with Crippen LogP contribution in [0.2, 0.25) is 0 Å². The van der Waals surface area contributed by atoms with Crippen molar-refractivity contribution < 1.29 is 21.6 Å². The van der Waals surface area contributed by atoms with Crippen molar-refractivity contribution in [2.24, 2.45) is 0 Å². The molecule has 152 valence electrons. The van der Waals surface area contributed by atoms with Crippen LogP contribution in [0.15, 0.2) is 82.6 Å². The third-order valence-electron chi connectivity index (χ3n) is 4.09. The summed E-state index contributed by atoms with van der Waals surface area (Å²) in [6.07, 6.45) is 0.